The molecule has 0 radical (unpaired) electrons. The number of aromatic nitrogens is 1. The van der Waals surface area contributed by atoms with Crippen LogP contribution in [0.25, 0.3) is 9.53 Å². The number of nitrogens with zero attached hydrogens (tertiary/aromatic N) is 2. The molecule has 1 amide bonds. The largest absolute Gasteiger partial charge is 0.349 e. The van der Waals surface area contributed by atoms with Gasteiger partial charge in [0.15, 0.2) is 5.13 Å². The summed E-state index contributed by atoms with van der Waals surface area (Å²) in [5.41, 5.74) is 5.79. The summed E-state index contributed by atoms with van der Waals surface area (Å²) in [4.78, 5) is 21.1. The van der Waals surface area contributed by atoms with Gasteiger partial charge in [0, 0.05) is 19.1 Å². The van der Waals surface area contributed by atoms with E-state index in [1.54, 1.807) is 11.3 Å². The van der Waals surface area contributed by atoms with Gasteiger partial charge in [-0.3, -0.25) is 4.79 Å². The molecule has 0 aliphatic heterocycles. The average molecular weight is 353 g/mol. The van der Waals surface area contributed by atoms with Crippen LogP contribution in [0.1, 0.15) is 42.8 Å². The van der Waals surface area contributed by atoms with Crippen LogP contribution >= 0.6 is 22.7 Å². The van der Waals surface area contributed by atoms with Crippen molar-refractivity contribution in [2.45, 2.75) is 39.2 Å². The Labute approximate surface area is 144 Å². The molecule has 0 saturated heterocycles. The Balaban J connectivity index is 1.73. The van der Waals surface area contributed by atoms with Crippen molar-refractivity contribution in [3.05, 3.63) is 10.9 Å². The number of amides is 1. The maximum Gasteiger partial charge on any atom is 0.261 e. The molecule has 2 unspecified atom stereocenters. The first-order valence-electron chi connectivity index (χ1n) is 8.32. The summed E-state index contributed by atoms with van der Waals surface area (Å²) in [6.07, 6.45) is 3.31. The number of nitrogens with one attached hydrogen (secondary N) is 1. The molecule has 1 fully saturated rings. The van der Waals surface area contributed by atoms with Gasteiger partial charge in [-0.25, -0.2) is 4.98 Å². The Kier molecular flexibility index (Phi) is 5.18. The SMILES string of the molecule is CCN(CC)c1nc2sc(C(=O)NC3CCCC3CN)cc2s1. The third-order valence-electron chi connectivity index (χ3n) is 4.61. The molecule has 0 bridgehead atoms. The van der Waals surface area contributed by atoms with Gasteiger partial charge in [0.25, 0.3) is 5.91 Å². The van der Waals surface area contributed by atoms with Crippen LogP contribution in [-0.4, -0.2) is 36.6 Å². The van der Waals surface area contributed by atoms with Gasteiger partial charge < -0.3 is 16.0 Å². The molecule has 2 aromatic heterocycles. The summed E-state index contributed by atoms with van der Waals surface area (Å²) in [6.45, 7) is 6.82. The zero-order chi connectivity index (χ0) is 16.4. The lowest BCUT2D eigenvalue weighted by Gasteiger charge is -2.18. The summed E-state index contributed by atoms with van der Waals surface area (Å²) >= 11 is 3.15. The molecule has 0 spiro atoms. The molecule has 23 heavy (non-hydrogen) atoms. The van der Waals surface area contributed by atoms with Gasteiger partial charge in [0.05, 0.1) is 9.58 Å². The Morgan fingerprint density at radius 2 is 2.17 bits per heavy atom. The van der Waals surface area contributed by atoms with E-state index in [1.807, 2.05) is 6.07 Å². The number of thiophene rings is 1. The van der Waals surface area contributed by atoms with E-state index in [0.29, 0.717) is 12.5 Å². The lowest BCUT2D eigenvalue weighted by atomic mass is 10.0. The number of carbonyl (C=O) groups excluding carboxylic acids is 1. The van der Waals surface area contributed by atoms with Crippen molar-refractivity contribution in [2.75, 3.05) is 24.5 Å². The number of anilines is 1. The fraction of sp³-hybridized carbons (Fsp3) is 0.625. The van der Waals surface area contributed by atoms with Gasteiger partial charge in [0.1, 0.15) is 4.83 Å². The lowest BCUT2D eigenvalue weighted by Crippen LogP contribution is -2.39. The van der Waals surface area contributed by atoms with E-state index in [-0.39, 0.29) is 11.9 Å². The number of hydrogen-bond acceptors (Lipinski definition) is 6. The number of nitrogens with two attached hydrogens (primary N) is 1. The number of hydrogen-bond donors (Lipinski definition) is 2. The molecular formula is C16H24N4OS2. The first-order valence-corrected chi connectivity index (χ1v) is 9.95. The Morgan fingerprint density at radius 3 is 2.83 bits per heavy atom. The van der Waals surface area contributed by atoms with Crippen LogP contribution in [0.5, 0.6) is 0 Å². The molecule has 2 atom stereocenters. The topological polar surface area (TPSA) is 71.2 Å². The zero-order valence-corrected chi connectivity index (χ0v) is 15.3. The second-order valence-electron chi connectivity index (χ2n) is 5.96. The van der Waals surface area contributed by atoms with Crippen LogP contribution in [0.3, 0.4) is 0 Å². The van der Waals surface area contributed by atoms with Crippen molar-refractivity contribution in [1.29, 1.82) is 0 Å². The number of fused-ring (bicyclic) bond motifs is 1. The van der Waals surface area contributed by atoms with E-state index in [9.17, 15) is 4.79 Å². The molecule has 3 rings (SSSR count). The van der Waals surface area contributed by atoms with Crippen LogP contribution in [0.2, 0.25) is 0 Å². The molecule has 5 nitrogen and oxygen atoms in total. The minimum absolute atomic E-state index is 0.0231. The van der Waals surface area contributed by atoms with E-state index in [0.717, 1.165) is 51.9 Å². The van der Waals surface area contributed by atoms with Gasteiger partial charge in [-0.05, 0) is 45.2 Å². The molecule has 3 N–H and O–H groups in total. The molecule has 2 aromatic rings. The van der Waals surface area contributed by atoms with Gasteiger partial charge in [0.2, 0.25) is 0 Å². The van der Waals surface area contributed by atoms with Crippen LogP contribution in [-0.2, 0) is 0 Å². The lowest BCUT2D eigenvalue weighted by molar-refractivity contribution is 0.0933. The fourth-order valence-corrected chi connectivity index (χ4v) is 5.45. The summed E-state index contributed by atoms with van der Waals surface area (Å²) < 4.78 is 1.10. The van der Waals surface area contributed by atoms with Crippen molar-refractivity contribution in [1.82, 2.24) is 10.3 Å². The van der Waals surface area contributed by atoms with Crippen molar-refractivity contribution >= 4 is 43.2 Å². The van der Waals surface area contributed by atoms with Crippen LogP contribution in [0, 0.1) is 5.92 Å². The minimum Gasteiger partial charge on any atom is -0.349 e. The third kappa shape index (κ3) is 3.36. The Hall–Kier alpha value is -1.18. The number of carbonyl (C=O) groups is 1. The predicted molar refractivity (Wildman–Crippen MR) is 98.7 cm³/mol. The molecular weight excluding hydrogens is 328 g/mol. The molecule has 7 heteroatoms. The fourth-order valence-electron chi connectivity index (χ4n) is 3.21. The molecule has 0 aromatic carbocycles. The molecule has 1 aliphatic rings. The molecule has 2 heterocycles. The highest BCUT2D eigenvalue weighted by Crippen LogP contribution is 2.35. The highest BCUT2D eigenvalue weighted by molar-refractivity contribution is 7.29. The van der Waals surface area contributed by atoms with E-state index < -0.39 is 0 Å². The maximum absolute atomic E-state index is 12.5. The first-order chi connectivity index (χ1) is 11.2. The summed E-state index contributed by atoms with van der Waals surface area (Å²) in [7, 11) is 0. The van der Waals surface area contributed by atoms with Crippen molar-refractivity contribution in [3.8, 4) is 0 Å². The average Bonchev–Trinajstić information content (AvgIpc) is 3.22. The Bertz CT molecular complexity index is 645. The maximum atomic E-state index is 12.5. The monoisotopic (exact) mass is 352 g/mol. The zero-order valence-electron chi connectivity index (χ0n) is 13.7. The summed E-state index contributed by atoms with van der Waals surface area (Å²) in [5.74, 6) is 0.447. The van der Waals surface area contributed by atoms with Crippen molar-refractivity contribution < 1.29 is 4.79 Å². The normalized spacial score (nSPS) is 21.0. The second kappa shape index (κ2) is 7.15. The quantitative estimate of drug-likeness (QED) is 0.838. The van der Waals surface area contributed by atoms with Crippen molar-refractivity contribution in [2.24, 2.45) is 11.7 Å². The van der Waals surface area contributed by atoms with E-state index in [1.165, 1.54) is 11.3 Å². The second-order valence-corrected chi connectivity index (χ2v) is 8.00. The predicted octanol–water partition coefficient (Wildman–Crippen LogP) is 3.06. The highest BCUT2D eigenvalue weighted by Gasteiger charge is 2.28. The van der Waals surface area contributed by atoms with E-state index in [4.69, 9.17) is 5.73 Å². The highest BCUT2D eigenvalue weighted by atomic mass is 32.1. The van der Waals surface area contributed by atoms with Crippen LogP contribution in [0.15, 0.2) is 6.07 Å². The van der Waals surface area contributed by atoms with Crippen LogP contribution < -0.4 is 16.0 Å². The van der Waals surface area contributed by atoms with E-state index >= 15 is 0 Å². The summed E-state index contributed by atoms with van der Waals surface area (Å²) in [5, 5.41) is 4.21. The van der Waals surface area contributed by atoms with E-state index in [2.05, 4.69) is 29.0 Å². The number of thiazole rings is 1. The standard InChI is InChI=1S/C16H24N4OS2/c1-3-20(4-2)16-19-15-13(23-16)8-12(22-15)14(21)18-11-7-5-6-10(11)9-17/h8,10-11H,3-7,9,17H2,1-2H3,(H,18,21). The minimum atomic E-state index is 0.0231. The van der Waals surface area contributed by atoms with Gasteiger partial charge in [-0.15, -0.1) is 11.3 Å². The molecule has 126 valence electrons. The number of rotatable bonds is 6. The van der Waals surface area contributed by atoms with Gasteiger partial charge >= 0.3 is 0 Å². The smallest absolute Gasteiger partial charge is 0.261 e. The van der Waals surface area contributed by atoms with Crippen molar-refractivity contribution in [3.63, 3.8) is 0 Å². The first kappa shape index (κ1) is 16.7. The van der Waals surface area contributed by atoms with Gasteiger partial charge in [-0.2, -0.15) is 0 Å². The molecule has 1 aliphatic carbocycles. The third-order valence-corrected chi connectivity index (χ3v) is 6.83. The molecule has 1 saturated carbocycles. The van der Waals surface area contributed by atoms with Gasteiger partial charge in [-0.1, -0.05) is 17.8 Å². The summed E-state index contributed by atoms with van der Waals surface area (Å²) in [6, 6.07) is 2.21. The van der Waals surface area contributed by atoms with Crippen LogP contribution in [0.4, 0.5) is 5.13 Å². The Morgan fingerprint density at radius 1 is 1.39 bits per heavy atom.